The Morgan fingerprint density at radius 1 is 1.43 bits per heavy atom. The van der Waals surface area contributed by atoms with Gasteiger partial charge in [0.25, 0.3) is 0 Å². The molecule has 0 aromatic rings. The first-order chi connectivity index (χ1) is 6.47. The first-order valence-electron chi connectivity index (χ1n) is 4.74. The van der Waals surface area contributed by atoms with Gasteiger partial charge in [0.1, 0.15) is 0 Å². The minimum Gasteiger partial charge on any atom is -0.481 e. The highest BCUT2D eigenvalue weighted by molar-refractivity contribution is 5.75. The Kier molecular flexibility index (Phi) is 5.67. The van der Waals surface area contributed by atoms with Crippen LogP contribution in [-0.4, -0.2) is 41.1 Å². The Morgan fingerprint density at radius 3 is 2.36 bits per heavy atom. The molecule has 14 heavy (non-hydrogen) atoms. The van der Waals surface area contributed by atoms with Gasteiger partial charge >= 0.3 is 12.0 Å². The maximum atomic E-state index is 11.4. The molecule has 0 saturated heterocycles. The van der Waals surface area contributed by atoms with Crippen LogP contribution in [0.1, 0.15) is 27.2 Å². The third-order valence-corrected chi connectivity index (χ3v) is 1.68. The fraction of sp³-hybridized carbons (Fsp3) is 0.778. The van der Waals surface area contributed by atoms with Crippen LogP contribution in [0.3, 0.4) is 0 Å². The fourth-order valence-electron chi connectivity index (χ4n) is 0.972. The molecule has 0 aliphatic heterocycles. The Bertz CT molecular complexity index is 204. The van der Waals surface area contributed by atoms with E-state index in [4.69, 9.17) is 5.11 Å². The molecule has 2 amide bonds. The van der Waals surface area contributed by atoms with Crippen LogP contribution in [0, 0.1) is 0 Å². The lowest BCUT2D eigenvalue weighted by molar-refractivity contribution is -0.137. The third-order valence-electron chi connectivity index (χ3n) is 1.68. The van der Waals surface area contributed by atoms with E-state index in [9.17, 15) is 9.59 Å². The highest BCUT2D eigenvalue weighted by Gasteiger charge is 2.12. The quantitative estimate of drug-likeness (QED) is 0.696. The summed E-state index contributed by atoms with van der Waals surface area (Å²) in [4.78, 5) is 23.2. The molecule has 5 nitrogen and oxygen atoms in total. The summed E-state index contributed by atoms with van der Waals surface area (Å²) < 4.78 is 0. The molecule has 5 heteroatoms. The van der Waals surface area contributed by atoms with Gasteiger partial charge in [-0.25, -0.2) is 4.79 Å². The van der Waals surface area contributed by atoms with Gasteiger partial charge in [-0.2, -0.15) is 0 Å². The molecule has 0 atom stereocenters. The van der Waals surface area contributed by atoms with Crippen molar-refractivity contribution in [1.82, 2.24) is 10.2 Å². The van der Waals surface area contributed by atoms with E-state index in [2.05, 4.69) is 5.32 Å². The average Bonchev–Trinajstić information content (AvgIpc) is 2.03. The molecule has 0 heterocycles. The van der Waals surface area contributed by atoms with Crippen molar-refractivity contribution in [2.75, 3.05) is 13.1 Å². The van der Waals surface area contributed by atoms with E-state index < -0.39 is 5.97 Å². The van der Waals surface area contributed by atoms with Crippen molar-refractivity contribution in [1.29, 1.82) is 0 Å². The lowest BCUT2D eigenvalue weighted by Gasteiger charge is -2.21. The number of urea groups is 1. The summed E-state index contributed by atoms with van der Waals surface area (Å²) in [6, 6.07) is -0.134. The smallest absolute Gasteiger partial charge is 0.317 e. The minimum absolute atomic E-state index is 0.0145. The van der Waals surface area contributed by atoms with Gasteiger partial charge in [-0.15, -0.1) is 0 Å². The normalized spacial score (nSPS) is 10.0. The highest BCUT2D eigenvalue weighted by Crippen LogP contribution is 1.93. The lowest BCUT2D eigenvalue weighted by Crippen LogP contribution is -2.43. The number of nitrogens with zero attached hydrogens (tertiary/aromatic N) is 1. The number of carbonyl (C=O) groups excluding carboxylic acids is 1. The summed E-state index contributed by atoms with van der Waals surface area (Å²) in [5, 5.41) is 11.2. The second-order valence-corrected chi connectivity index (χ2v) is 3.33. The number of nitrogens with one attached hydrogen (secondary N) is 1. The molecule has 0 aliphatic carbocycles. The summed E-state index contributed by atoms with van der Waals surface area (Å²) >= 11 is 0. The largest absolute Gasteiger partial charge is 0.481 e. The molecule has 0 unspecified atom stereocenters. The monoisotopic (exact) mass is 202 g/mol. The number of hydrogen-bond acceptors (Lipinski definition) is 2. The summed E-state index contributed by atoms with van der Waals surface area (Å²) in [6.45, 7) is 6.32. The molecular weight excluding hydrogens is 184 g/mol. The van der Waals surface area contributed by atoms with Crippen molar-refractivity contribution in [3.8, 4) is 0 Å². The molecule has 2 N–H and O–H groups in total. The highest BCUT2D eigenvalue weighted by atomic mass is 16.4. The Morgan fingerprint density at radius 2 is 2.00 bits per heavy atom. The lowest BCUT2D eigenvalue weighted by atomic mass is 10.3. The molecule has 0 spiro atoms. The van der Waals surface area contributed by atoms with Crippen LogP contribution >= 0.6 is 0 Å². The van der Waals surface area contributed by atoms with Crippen LogP contribution in [0.5, 0.6) is 0 Å². The maximum absolute atomic E-state index is 11.4. The predicted octanol–water partition coefficient (Wildman–Crippen LogP) is 0.901. The molecule has 0 aromatic heterocycles. The summed E-state index contributed by atoms with van der Waals surface area (Å²) in [5.74, 6) is -0.888. The molecule has 0 rings (SSSR count). The molecule has 0 bridgehead atoms. The third kappa shape index (κ3) is 5.40. The molecule has 0 saturated carbocycles. The van der Waals surface area contributed by atoms with Crippen molar-refractivity contribution in [2.45, 2.75) is 33.2 Å². The summed E-state index contributed by atoms with van der Waals surface area (Å²) in [7, 11) is 0. The number of rotatable bonds is 5. The van der Waals surface area contributed by atoms with Crippen LogP contribution in [0.15, 0.2) is 0 Å². The van der Waals surface area contributed by atoms with Crippen molar-refractivity contribution in [2.24, 2.45) is 0 Å². The van der Waals surface area contributed by atoms with E-state index in [-0.39, 0.29) is 25.0 Å². The van der Waals surface area contributed by atoms with Crippen LogP contribution < -0.4 is 5.32 Å². The van der Waals surface area contributed by atoms with Crippen molar-refractivity contribution >= 4 is 12.0 Å². The second-order valence-electron chi connectivity index (χ2n) is 3.33. The zero-order chi connectivity index (χ0) is 11.1. The van der Waals surface area contributed by atoms with Crippen molar-refractivity contribution < 1.29 is 14.7 Å². The molecule has 82 valence electrons. The minimum atomic E-state index is -0.888. The first-order valence-corrected chi connectivity index (χ1v) is 4.74. The van der Waals surface area contributed by atoms with Crippen molar-refractivity contribution in [3.05, 3.63) is 0 Å². The number of carbonyl (C=O) groups is 2. The molecule has 0 radical (unpaired) electrons. The standard InChI is InChI=1S/C9H18N2O3/c1-4-11(6-5-8(12)13)9(14)10-7(2)3/h7H,4-6H2,1-3H3,(H,10,14)(H,12,13). The Labute approximate surface area is 84.1 Å². The molecule has 0 aliphatic rings. The van der Waals surface area contributed by atoms with Gasteiger partial charge in [-0.05, 0) is 20.8 Å². The van der Waals surface area contributed by atoms with E-state index in [1.807, 2.05) is 20.8 Å². The zero-order valence-electron chi connectivity index (χ0n) is 8.91. The van der Waals surface area contributed by atoms with E-state index in [0.29, 0.717) is 6.54 Å². The van der Waals surface area contributed by atoms with Gasteiger partial charge < -0.3 is 15.3 Å². The van der Waals surface area contributed by atoms with Gasteiger partial charge in [0.2, 0.25) is 0 Å². The van der Waals surface area contributed by atoms with Crippen LogP contribution in [0.2, 0.25) is 0 Å². The van der Waals surface area contributed by atoms with Gasteiger partial charge in [0.05, 0.1) is 6.42 Å². The van der Waals surface area contributed by atoms with Gasteiger partial charge in [0.15, 0.2) is 0 Å². The number of amides is 2. The van der Waals surface area contributed by atoms with Crippen molar-refractivity contribution in [3.63, 3.8) is 0 Å². The zero-order valence-corrected chi connectivity index (χ0v) is 8.91. The number of carboxylic acids is 1. The van der Waals surface area contributed by atoms with E-state index in [0.717, 1.165) is 0 Å². The predicted molar refractivity (Wildman–Crippen MR) is 53.2 cm³/mol. The molecule has 0 fully saturated rings. The van der Waals surface area contributed by atoms with E-state index >= 15 is 0 Å². The molecule has 0 aromatic carbocycles. The maximum Gasteiger partial charge on any atom is 0.317 e. The average molecular weight is 202 g/mol. The summed E-state index contributed by atoms with van der Waals surface area (Å²) in [5.41, 5.74) is 0. The van der Waals surface area contributed by atoms with E-state index in [1.165, 1.54) is 4.90 Å². The summed E-state index contributed by atoms with van der Waals surface area (Å²) in [6.07, 6.45) is -0.0145. The van der Waals surface area contributed by atoms with Crippen LogP contribution in [0.25, 0.3) is 0 Å². The molecular formula is C9H18N2O3. The Hall–Kier alpha value is -1.26. The second kappa shape index (κ2) is 6.23. The van der Waals surface area contributed by atoms with E-state index in [1.54, 1.807) is 0 Å². The SMILES string of the molecule is CCN(CCC(=O)O)C(=O)NC(C)C. The van der Waals surface area contributed by atoms with Gasteiger partial charge in [0, 0.05) is 19.1 Å². The topological polar surface area (TPSA) is 69.6 Å². The number of aliphatic carboxylic acids is 1. The van der Waals surface area contributed by atoms with Crippen LogP contribution in [-0.2, 0) is 4.79 Å². The van der Waals surface area contributed by atoms with Gasteiger partial charge in [-0.3, -0.25) is 4.79 Å². The van der Waals surface area contributed by atoms with Gasteiger partial charge in [-0.1, -0.05) is 0 Å². The number of carboxylic acid groups (broad SMARTS) is 1. The Balaban J connectivity index is 3.99. The van der Waals surface area contributed by atoms with Crippen LogP contribution in [0.4, 0.5) is 4.79 Å². The fourth-order valence-corrected chi connectivity index (χ4v) is 0.972. The first kappa shape index (κ1) is 12.7. The number of hydrogen-bond donors (Lipinski definition) is 2.